The highest BCUT2D eigenvalue weighted by atomic mass is 16.5. The molecule has 1 heterocycles. The Hall–Kier alpha value is -3.00. The third-order valence-corrected chi connectivity index (χ3v) is 6.09. The van der Waals surface area contributed by atoms with Gasteiger partial charge in [0.2, 0.25) is 0 Å². The minimum atomic E-state index is 0.756. The molecular weight excluding hydrogens is 368 g/mol. The van der Waals surface area contributed by atoms with Gasteiger partial charge in [0.25, 0.3) is 0 Å². The lowest BCUT2D eigenvalue weighted by Gasteiger charge is -2.20. The molecule has 1 aliphatic rings. The molecule has 0 amide bonds. The minimum absolute atomic E-state index is 0.756. The predicted molar refractivity (Wildman–Crippen MR) is 126 cm³/mol. The summed E-state index contributed by atoms with van der Waals surface area (Å²) in [5.74, 6) is 1.90. The molecule has 0 spiro atoms. The Bertz CT molecular complexity index is 1070. The molecule has 0 aliphatic carbocycles. The summed E-state index contributed by atoms with van der Waals surface area (Å²) in [6.45, 7) is 1.51. The summed E-state index contributed by atoms with van der Waals surface area (Å²) >= 11 is 0. The van der Waals surface area contributed by atoms with Gasteiger partial charge in [-0.15, -0.1) is 0 Å². The van der Waals surface area contributed by atoms with Gasteiger partial charge >= 0.3 is 0 Å². The van der Waals surface area contributed by atoms with Gasteiger partial charge in [0, 0.05) is 11.1 Å². The normalized spacial score (nSPS) is 15.5. The van der Waals surface area contributed by atoms with Crippen molar-refractivity contribution in [1.29, 1.82) is 0 Å². The fourth-order valence-corrected chi connectivity index (χ4v) is 4.53. The molecule has 4 aromatic rings. The van der Waals surface area contributed by atoms with Crippen molar-refractivity contribution in [3.8, 4) is 22.6 Å². The number of rotatable bonds is 0. The van der Waals surface area contributed by atoms with Crippen LogP contribution in [0.2, 0.25) is 0 Å². The van der Waals surface area contributed by atoms with E-state index in [0.29, 0.717) is 0 Å². The summed E-state index contributed by atoms with van der Waals surface area (Å²) in [4.78, 5) is 0. The Morgan fingerprint density at radius 2 is 0.867 bits per heavy atom. The van der Waals surface area contributed by atoms with E-state index in [9.17, 15) is 0 Å². The molecular formula is C28H28O2. The molecule has 0 saturated heterocycles. The standard InChI is InChI=1S/C28H28O2/c1-2-4-10-20-30-26-18-16-22-12-6-8-14-24(22)28(26)27-23-13-7-5-11-21(23)15-17-25(27)29-19-9-3-1/h5-8,11-18H,1-4,9-10,19-20H2. The zero-order chi connectivity index (χ0) is 20.2. The SMILES string of the molecule is c1ccc2c3c(ccc2c1)OCCCCCCCCOc1ccc2ccccc2c1-3. The van der Waals surface area contributed by atoms with E-state index in [-0.39, 0.29) is 0 Å². The number of hydrogen-bond acceptors (Lipinski definition) is 2. The average Bonchev–Trinajstić information content (AvgIpc) is 2.79. The van der Waals surface area contributed by atoms with E-state index in [1.165, 1.54) is 47.2 Å². The fourth-order valence-electron chi connectivity index (χ4n) is 4.53. The lowest BCUT2D eigenvalue weighted by atomic mass is 9.92. The Morgan fingerprint density at radius 1 is 0.433 bits per heavy atom. The molecule has 1 aliphatic heterocycles. The van der Waals surface area contributed by atoms with Crippen molar-refractivity contribution < 1.29 is 9.47 Å². The van der Waals surface area contributed by atoms with Gasteiger partial charge in [0.15, 0.2) is 0 Å². The van der Waals surface area contributed by atoms with E-state index >= 15 is 0 Å². The van der Waals surface area contributed by atoms with Crippen LogP contribution in [0.5, 0.6) is 11.5 Å². The van der Waals surface area contributed by atoms with Crippen molar-refractivity contribution in [3.05, 3.63) is 72.8 Å². The molecule has 0 atom stereocenters. The number of hydrogen-bond donors (Lipinski definition) is 0. The zero-order valence-electron chi connectivity index (χ0n) is 17.4. The highest BCUT2D eigenvalue weighted by molar-refractivity contribution is 6.09. The van der Waals surface area contributed by atoms with E-state index in [2.05, 4.69) is 72.8 Å². The molecule has 0 aromatic heterocycles. The molecule has 0 radical (unpaired) electrons. The molecule has 4 aromatic carbocycles. The van der Waals surface area contributed by atoms with Crippen molar-refractivity contribution >= 4 is 21.5 Å². The first-order valence-corrected chi connectivity index (χ1v) is 11.2. The molecule has 152 valence electrons. The van der Waals surface area contributed by atoms with Crippen LogP contribution in [0.3, 0.4) is 0 Å². The summed E-state index contributed by atoms with van der Waals surface area (Å²) in [6, 6.07) is 25.8. The molecule has 2 nitrogen and oxygen atoms in total. The predicted octanol–water partition coefficient (Wildman–Crippen LogP) is 7.77. The summed E-state index contributed by atoms with van der Waals surface area (Å²) in [6.07, 6.45) is 7.20. The van der Waals surface area contributed by atoms with Crippen LogP contribution < -0.4 is 9.47 Å². The second-order valence-electron chi connectivity index (χ2n) is 8.14. The summed E-state index contributed by atoms with van der Waals surface area (Å²) in [5, 5.41) is 4.87. The maximum Gasteiger partial charge on any atom is 0.127 e. The van der Waals surface area contributed by atoms with Gasteiger partial charge < -0.3 is 9.47 Å². The lowest BCUT2D eigenvalue weighted by Crippen LogP contribution is -2.03. The van der Waals surface area contributed by atoms with E-state index in [0.717, 1.165) is 48.7 Å². The van der Waals surface area contributed by atoms with Crippen LogP contribution >= 0.6 is 0 Å². The first kappa shape index (κ1) is 19.0. The quantitative estimate of drug-likeness (QED) is 0.302. The van der Waals surface area contributed by atoms with Gasteiger partial charge in [-0.25, -0.2) is 0 Å². The topological polar surface area (TPSA) is 18.5 Å². The monoisotopic (exact) mass is 396 g/mol. The van der Waals surface area contributed by atoms with Crippen molar-refractivity contribution in [2.45, 2.75) is 38.5 Å². The zero-order valence-corrected chi connectivity index (χ0v) is 17.4. The highest BCUT2D eigenvalue weighted by Crippen LogP contribution is 2.45. The Balaban J connectivity index is 1.77. The van der Waals surface area contributed by atoms with Crippen LogP contribution in [0.25, 0.3) is 32.7 Å². The van der Waals surface area contributed by atoms with Gasteiger partial charge in [0.1, 0.15) is 11.5 Å². The van der Waals surface area contributed by atoms with Crippen molar-refractivity contribution in [2.24, 2.45) is 0 Å². The molecule has 0 N–H and O–H groups in total. The van der Waals surface area contributed by atoms with Gasteiger partial charge in [-0.1, -0.05) is 86.3 Å². The van der Waals surface area contributed by atoms with Gasteiger partial charge in [-0.3, -0.25) is 0 Å². The summed E-state index contributed by atoms with van der Waals surface area (Å²) < 4.78 is 12.8. The third-order valence-electron chi connectivity index (χ3n) is 6.09. The van der Waals surface area contributed by atoms with Crippen LogP contribution in [-0.4, -0.2) is 13.2 Å². The lowest BCUT2D eigenvalue weighted by molar-refractivity contribution is 0.294. The Morgan fingerprint density at radius 3 is 1.37 bits per heavy atom. The Labute approximate surface area is 178 Å². The first-order chi connectivity index (χ1) is 14.9. The molecule has 0 bridgehead atoms. The summed E-state index contributed by atoms with van der Waals surface area (Å²) in [7, 11) is 0. The van der Waals surface area contributed by atoms with Gasteiger partial charge in [-0.05, 0) is 46.5 Å². The molecule has 0 fully saturated rings. The van der Waals surface area contributed by atoms with Crippen molar-refractivity contribution in [2.75, 3.05) is 13.2 Å². The molecule has 0 saturated carbocycles. The molecule has 2 heteroatoms. The van der Waals surface area contributed by atoms with Crippen molar-refractivity contribution in [1.82, 2.24) is 0 Å². The second kappa shape index (κ2) is 8.79. The first-order valence-electron chi connectivity index (χ1n) is 11.2. The van der Waals surface area contributed by atoms with E-state index < -0.39 is 0 Å². The van der Waals surface area contributed by atoms with E-state index in [4.69, 9.17) is 9.47 Å². The third kappa shape index (κ3) is 3.75. The average molecular weight is 397 g/mol. The molecule has 30 heavy (non-hydrogen) atoms. The van der Waals surface area contributed by atoms with Crippen LogP contribution in [0.4, 0.5) is 0 Å². The van der Waals surface area contributed by atoms with Crippen LogP contribution in [0.1, 0.15) is 38.5 Å². The van der Waals surface area contributed by atoms with Crippen LogP contribution in [0.15, 0.2) is 72.8 Å². The number of fused-ring (bicyclic) bond motifs is 7. The van der Waals surface area contributed by atoms with Crippen LogP contribution in [-0.2, 0) is 0 Å². The van der Waals surface area contributed by atoms with E-state index in [1.807, 2.05) is 0 Å². The summed E-state index contributed by atoms with van der Waals surface area (Å²) in [5.41, 5.74) is 2.30. The second-order valence-corrected chi connectivity index (χ2v) is 8.14. The number of benzene rings is 4. The molecule has 5 rings (SSSR count). The smallest absolute Gasteiger partial charge is 0.127 e. The van der Waals surface area contributed by atoms with Crippen molar-refractivity contribution in [3.63, 3.8) is 0 Å². The van der Waals surface area contributed by atoms with Gasteiger partial charge in [0.05, 0.1) is 13.2 Å². The maximum absolute atomic E-state index is 6.39. The Kier molecular flexibility index (Phi) is 5.56. The molecule has 0 unspecified atom stereocenters. The largest absolute Gasteiger partial charge is 0.493 e. The fraction of sp³-hybridized carbons (Fsp3) is 0.286. The van der Waals surface area contributed by atoms with Crippen LogP contribution in [0, 0.1) is 0 Å². The maximum atomic E-state index is 6.39. The van der Waals surface area contributed by atoms with Gasteiger partial charge in [-0.2, -0.15) is 0 Å². The minimum Gasteiger partial charge on any atom is -0.493 e. The number of ether oxygens (including phenoxy) is 2. The highest BCUT2D eigenvalue weighted by Gasteiger charge is 2.19. The van der Waals surface area contributed by atoms with E-state index in [1.54, 1.807) is 0 Å².